The van der Waals surface area contributed by atoms with Crippen LogP contribution in [-0.4, -0.2) is 106 Å². The van der Waals surface area contributed by atoms with E-state index in [-0.39, 0.29) is 22.7 Å². The molecule has 8 N–H and O–H groups in total. The van der Waals surface area contributed by atoms with Crippen molar-refractivity contribution in [1.29, 1.82) is 0 Å². The lowest BCUT2D eigenvalue weighted by atomic mass is 10.1. The quantitative estimate of drug-likeness (QED) is 0.134. The zero-order valence-corrected chi connectivity index (χ0v) is 28.1. The Labute approximate surface area is 275 Å². The van der Waals surface area contributed by atoms with E-state index < -0.39 is 89.5 Å². The molecule has 0 spiro atoms. The average Bonchev–Trinajstić information content (AvgIpc) is 3.81. The number of nitrogen functional groups attached to an aromatic ring is 1. The van der Waals surface area contributed by atoms with Crippen LogP contribution in [0.3, 0.4) is 0 Å². The second kappa shape index (κ2) is 13.0. The van der Waals surface area contributed by atoms with Crippen molar-refractivity contribution in [2.75, 3.05) is 18.9 Å². The molecule has 0 aromatic carbocycles. The number of nitrogens with two attached hydrogens (primary N) is 2. The number of phosphoric ester groups is 2. The van der Waals surface area contributed by atoms with Gasteiger partial charge in [0.25, 0.3) is 5.91 Å². The second-order valence-corrected chi connectivity index (χ2v) is 15.4. The molecule has 0 radical (unpaired) electrons. The number of aryl methyl sites for hydroxylation is 1. The third-order valence-corrected chi connectivity index (χ3v) is 11.1. The number of primary amides is 1. The molecule has 0 bridgehead atoms. The topological polar surface area (TPSA) is 305 Å². The standard InChI is InChI=1S/C24H33N7O14P2S/c1-4-12-29-19(25)13-21(30-12)31(8-27-13)23-15(33)14(32)10(42-23)5-39-46(35,36)45-47(37,38)40-6-11-16-17(44-24(2,3)43-16)18(41-11)22-28-9(7-48-22)20(26)34/h7-8,10-11,14-18,23,32-33H,4-6H2,1-3H3,(H2,26,34)(H,35,36)(H,37,38)(H2,25,29,30)/t10-,11-,14-,15-,16-,17-,18-,23-/m1/s1. The second-order valence-electron chi connectivity index (χ2n) is 11.5. The van der Waals surface area contributed by atoms with Crippen molar-refractivity contribution in [3.63, 3.8) is 0 Å². The number of amides is 1. The number of phosphoric acid groups is 2. The minimum atomic E-state index is -5.34. The van der Waals surface area contributed by atoms with E-state index in [1.165, 1.54) is 16.3 Å². The Bertz CT molecular complexity index is 1790. The van der Waals surface area contributed by atoms with Gasteiger partial charge in [-0.3, -0.25) is 18.4 Å². The molecule has 10 atom stereocenters. The first kappa shape index (κ1) is 35.3. The Morgan fingerprint density at radius 2 is 1.71 bits per heavy atom. The van der Waals surface area contributed by atoms with Crippen molar-refractivity contribution in [2.45, 2.75) is 81.9 Å². The summed E-state index contributed by atoms with van der Waals surface area (Å²) in [5, 5.41) is 23.0. The molecule has 264 valence electrons. The fourth-order valence-electron chi connectivity index (χ4n) is 5.49. The maximum absolute atomic E-state index is 12.7. The fraction of sp³-hybridized carbons (Fsp3) is 0.625. The van der Waals surface area contributed by atoms with Gasteiger partial charge in [-0.1, -0.05) is 6.92 Å². The number of hydrogen-bond acceptors (Lipinski definition) is 18. The minimum Gasteiger partial charge on any atom is -0.387 e. The predicted octanol–water partition coefficient (Wildman–Crippen LogP) is 0.0563. The van der Waals surface area contributed by atoms with Crippen LogP contribution >= 0.6 is 27.0 Å². The summed E-state index contributed by atoms with van der Waals surface area (Å²) < 4.78 is 64.4. The first-order chi connectivity index (χ1) is 22.5. The van der Waals surface area contributed by atoms with Crippen LogP contribution in [0.15, 0.2) is 11.7 Å². The molecule has 3 aliphatic heterocycles. The molecule has 3 fully saturated rings. The summed E-state index contributed by atoms with van der Waals surface area (Å²) in [4.78, 5) is 48.8. The first-order valence-corrected chi connectivity index (χ1v) is 18.3. The van der Waals surface area contributed by atoms with Gasteiger partial charge in [-0.25, -0.2) is 29.1 Å². The van der Waals surface area contributed by atoms with Crippen LogP contribution in [0.2, 0.25) is 0 Å². The molecule has 3 aromatic rings. The number of hydrogen-bond donors (Lipinski definition) is 6. The van der Waals surface area contributed by atoms with Gasteiger partial charge in [-0.15, -0.1) is 11.3 Å². The van der Waals surface area contributed by atoms with Crippen LogP contribution in [0.4, 0.5) is 5.82 Å². The fourth-order valence-corrected chi connectivity index (χ4v) is 8.45. The highest BCUT2D eigenvalue weighted by Gasteiger charge is 2.57. The van der Waals surface area contributed by atoms with Gasteiger partial charge < -0.3 is 50.4 Å². The predicted molar refractivity (Wildman–Crippen MR) is 160 cm³/mol. The zero-order valence-electron chi connectivity index (χ0n) is 25.5. The van der Waals surface area contributed by atoms with Crippen molar-refractivity contribution in [1.82, 2.24) is 24.5 Å². The maximum Gasteiger partial charge on any atom is 0.481 e. The van der Waals surface area contributed by atoms with E-state index in [9.17, 15) is 33.9 Å². The van der Waals surface area contributed by atoms with E-state index in [0.717, 1.165) is 11.3 Å². The summed E-state index contributed by atoms with van der Waals surface area (Å²) in [7, 11) is -10.6. The highest BCUT2D eigenvalue weighted by Crippen LogP contribution is 2.61. The van der Waals surface area contributed by atoms with Crippen molar-refractivity contribution in [2.24, 2.45) is 5.73 Å². The van der Waals surface area contributed by atoms with Crippen LogP contribution < -0.4 is 11.5 Å². The third kappa shape index (κ3) is 7.05. The number of fused-ring (bicyclic) bond motifs is 2. The Kier molecular flexibility index (Phi) is 9.54. The molecule has 2 unspecified atom stereocenters. The van der Waals surface area contributed by atoms with Gasteiger partial charge in [0.05, 0.1) is 19.5 Å². The summed E-state index contributed by atoms with van der Waals surface area (Å²) >= 11 is 1.09. The Morgan fingerprint density at radius 1 is 1.04 bits per heavy atom. The van der Waals surface area contributed by atoms with Crippen LogP contribution in [0.5, 0.6) is 0 Å². The van der Waals surface area contributed by atoms with Crippen molar-refractivity contribution in [3.8, 4) is 0 Å². The SMILES string of the molecule is CCc1nc(N)c2ncn([C@@H]3O[C@H](COP(=O)(O)OP(=O)(O)OC[C@H]4O[C@@H](c5nc(C(N)=O)cs5)[C@@H]5OC(C)(C)O[C@@H]54)[C@@H](O)[C@H]3O)c2n1. The third-order valence-electron chi connectivity index (χ3n) is 7.60. The van der Waals surface area contributed by atoms with E-state index >= 15 is 0 Å². The van der Waals surface area contributed by atoms with Gasteiger partial charge in [0, 0.05) is 11.8 Å². The lowest BCUT2D eigenvalue weighted by Crippen LogP contribution is -2.33. The number of ether oxygens (including phenoxy) is 4. The average molecular weight is 738 g/mol. The number of rotatable bonds is 12. The van der Waals surface area contributed by atoms with Gasteiger partial charge >= 0.3 is 15.6 Å². The number of anilines is 1. The maximum atomic E-state index is 12.7. The normalized spacial score (nSPS) is 32.3. The Hall–Kier alpha value is -2.53. The molecule has 1 amide bonds. The van der Waals surface area contributed by atoms with Crippen LogP contribution in [0, 0.1) is 0 Å². The van der Waals surface area contributed by atoms with E-state index in [0.29, 0.717) is 17.3 Å². The molecule has 3 saturated heterocycles. The van der Waals surface area contributed by atoms with Gasteiger partial charge in [-0.2, -0.15) is 4.31 Å². The van der Waals surface area contributed by atoms with Crippen LogP contribution in [0.25, 0.3) is 11.2 Å². The molecule has 0 saturated carbocycles. The molecular formula is C24H33N7O14P2S. The Balaban J connectivity index is 1.07. The summed E-state index contributed by atoms with van der Waals surface area (Å²) in [5.74, 6) is -1.32. The molecule has 6 rings (SSSR count). The van der Waals surface area contributed by atoms with E-state index in [1.54, 1.807) is 13.8 Å². The summed E-state index contributed by atoms with van der Waals surface area (Å²) in [6, 6.07) is 0. The highest BCUT2D eigenvalue weighted by atomic mass is 32.1. The minimum absolute atomic E-state index is 0.0149. The number of aromatic nitrogens is 5. The molecule has 6 heterocycles. The number of carbonyl (C=O) groups excluding carboxylic acids is 1. The number of imidazole rings is 1. The van der Waals surface area contributed by atoms with E-state index in [4.69, 9.17) is 39.5 Å². The van der Waals surface area contributed by atoms with Crippen molar-refractivity contribution < 1.29 is 66.2 Å². The number of aliphatic hydroxyl groups is 2. The number of aliphatic hydroxyl groups excluding tert-OH is 2. The van der Waals surface area contributed by atoms with E-state index in [2.05, 4.69) is 24.2 Å². The lowest BCUT2D eigenvalue weighted by molar-refractivity contribution is -0.190. The Morgan fingerprint density at radius 3 is 2.35 bits per heavy atom. The van der Waals surface area contributed by atoms with E-state index in [1.807, 2.05) is 6.92 Å². The first-order valence-electron chi connectivity index (χ1n) is 14.4. The lowest BCUT2D eigenvalue weighted by Gasteiger charge is -2.24. The largest absolute Gasteiger partial charge is 0.481 e. The molecule has 48 heavy (non-hydrogen) atoms. The molecule has 21 nitrogen and oxygen atoms in total. The van der Waals surface area contributed by atoms with Crippen molar-refractivity contribution >= 4 is 49.9 Å². The highest BCUT2D eigenvalue weighted by molar-refractivity contribution is 7.61. The molecule has 0 aliphatic carbocycles. The number of thiazole rings is 1. The molecular weight excluding hydrogens is 704 g/mol. The molecule has 3 aromatic heterocycles. The summed E-state index contributed by atoms with van der Waals surface area (Å²) in [5.41, 5.74) is 11.7. The molecule has 24 heteroatoms. The zero-order chi connectivity index (χ0) is 34.8. The van der Waals surface area contributed by atoms with Crippen LogP contribution in [-0.2, 0) is 47.9 Å². The summed E-state index contributed by atoms with van der Waals surface area (Å²) in [6.07, 6.45) is -7.62. The van der Waals surface area contributed by atoms with Gasteiger partial charge in [-0.05, 0) is 13.8 Å². The number of carbonyl (C=O) groups is 1. The number of nitrogens with zero attached hydrogens (tertiary/aromatic N) is 5. The molecule has 3 aliphatic rings. The smallest absolute Gasteiger partial charge is 0.387 e. The van der Waals surface area contributed by atoms with Crippen LogP contribution in [0.1, 0.15) is 54.4 Å². The van der Waals surface area contributed by atoms with Gasteiger partial charge in [0.15, 0.2) is 23.5 Å². The van der Waals surface area contributed by atoms with Gasteiger partial charge in [0.2, 0.25) is 0 Å². The van der Waals surface area contributed by atoms with Crippen molar-refractivity contribution in [3.05, 3.63) is 28.2 Å². The monoisotopic (exact) mass is 737 g/mol. The summed E-state index contributed by atoms with van der Waals surface area (Å²) in [6.45, 7) is 3.58. The van der Waals surface area contributed by atoms with Gasteiger partial charge in [0.1, 0.15) is 64.8 Å².